The first-order valence-corrected chi connectivity index (χ1v) is 11.4. The Morgan fingerprint density at radius 1 is 1.21 bits per heavy atom. The minimum Gasteiger partial charge on any atom is -0.469 e. The van der Waals surface area contributed by atoms with Gasteiger partial charge in [0.1, 0.15) is 5.92 Å². The SMILES string of the molecule is COC(=O)[C@@H]1[C@@H](C(=O)OC)CC(S(=O)C[C@]23CC[C@H](C[C@H]2O)C3(C)C)=C[C@H]1OC. The average molecular weight is 429 g/mol. The van der Waals surface area contributed by atoms with Gasteiger partial charge in [0.2, 0.25) is 0 Å². The molecule has 0 aliphatic heterocycles. The van der Waals surface area contributed by atoms with Crippen LogP contribution in [0.4, 0.5) is 0 Å². The van der Waals surface area contributed by atoms with Crippen molar-refractivity contribution in [2.45, 2.75) is 51.7 Å². The van der Waals surface area contributed by atoms with E-state index in [-0.39, 0.29) is 11.8 Å². The van der Waals surface area contributed by atoms with Gasteiger partial charge in [-0.05, 0) is 43.1 Å². The van der Waals surface area contributed by atoms with Crippen LogP contribution in [0.2, 0.25) is 0 Å². The second kappa shape index (κ2) is 8.12. The van der Waals surface area contributed by atoms with Crippen molar-refractivity contribution in [3.8, 4) is 0 Å². The van der Waals surface area contributed by atoms with Crippen LogP contribution in [0.15, 0.2) is 11.0 Å². The predicted octanol–water partition coefficient (Wildman–Crippen LogP) is 1.80. The molecule has 0 amide bonds. The smallest absolute Gasteiger partial charge is 0.312 e. The standard InChI is InChI=1S/C21H32O7S/c1-20(2)12-6-7-21(20,16(22)8-12)11-29(25)13-9-14(18(23)27-4)17(19(24)28-5)15(10-13)26-3/h10,12,14-17,22H,6-9,11H2,1-5H3/t12-,14+,15-,16-,17-,21-,29?/m1/s1. The Hall–Kier alpha value is -1.25. The minimum absolute atomic E-state index is 0.0890. The summed E-state index contributed by atoms with van der Waals surface area (Å²) in [6, 6.07) is 0. The van der Waals surface area contributed by atoms with Crippen molar-refractivity contribution in [2.24, 2.45) is 28.6 Å². The van der Waals surface area contributed by atoms with Gasteiger partial charge in [0, 0.05) is 34.0 Å². The minimum atomic E-state index is -1.41. The Kier molecular flexibility index (Phi) is 6.28. The van der Waals surface area contributed by atoms with Crippen LogP contribution >= 0.6 is 0 Å². The number of aliphatic hydroxyl groups excluding tert-OH is 1. The number of fused-ring (bicyclic) bond motifs is 2. The van der Waals surface area contributed by atoms with Crippen LogP contribution in [0, 0.1) is 28.6 Å². The van der Waals surface area contributed by atoms with Gasteiger partial charge in [0.05, 0.1) is 32.3 Å². The molecule has 2 bridgehead atoms. The lowest BCUT2D eigenvalue weighted by Gasteiger charge is -2.41. The number of hydrogen-bond acceptors (Lipinski definition) is 7. The lowest BCUT2D eigenvalue weighted by molar-refractivity contribution is -0.162. The summed E-state index contributed by atoms with van der Waals surface area (Å²) in [6.07, 6.45) is 3.28. The second-order valence-corrected chi connectivity index (χ2v) is 10.6. The zero-order chi connectivity index (χ0) is 21.6. The number of rotatable bonds is 6. The topological polar surface area (TPSA) is 99.1 Å². The maximum atomic E-state index is 13.4. The lowest BCUT2D eigenvalue weighted by atomic mass is 9.70. The molecule has 0 aromatic heterocycles. The summed E-state index contributed by atoms with van der Waals surface area (Å²) >= 11 is 0. The Bertz CT molecular complexity index is 731. The van der Waals surface area contributed by atoms with Crippen molar-refractivity contribution in [3.05, 3.63) is 11.0 Å². The van der Waals surface area contributed by atoms with Crippen molar-refractivity contribution < 1.29 is 33.1 Å². The summed E-state index contributed by atoms with van der Waals surface area (Å²) < 4.78 is 28.7. The van der Waals surface area contributed by atoms with Gasteiger partial charge in [-0.2, -0.15) is 0 Å². The highest BCUT2D eigenvalue weighted by molar-refractivity contribution is 7.89. The van der Waals surface area contributed by atoms with Gasteiger partial charge in [-0.1, -0.05) is 13.8 Å². The molecule has 2 fully saturated rings. The Morgan fingerprint density at radius 3 is 2.34 bits per heavy atom. The molecule has 7 atom stereocenters. The first-order chi connectivity index (χ1) is 13.6. The third kappa shape index (κ3) is 3.47. The summed E-state index contributed by atoms with van der Waals surface area (Å²) in [5.74, 6) is -2.00. The van der Waals surface area contributed by atoms with E-state index in [0.29, 0.717) is 16.6 Å². The molecule has 7 nitrogen and oxygen atoms in total. The molecular weight excluding hydrogens is 396 g/mol. The van der Waals surface area contributed by atoms with E-state index in [2.05, 4.69) is 13.8 Å². The van der Waals surface area contributed by atoms with E-state index in [1.165, 1.54) is 21.3 Å². The molecule has 0 saturated heterocycles. The molecule has 29 heavy (non-hydrogen) atoms. The van der Waals surface area contributed by atoms with Crippen LogP contribution in [0.25, 0.3) is 0 Å². The van der Waals surface area contributed by atoms with Crippen LogP contribution in [0.5, 0.6) is 0 Å². The molecule has 0 spiro atoms. The number of carbonyl (C=O) groups is 2. The lowest BCUT2D eigenvalue weighted by Crippen LogP contribution is -2.45. The zero-order valence-electron chi connectivity index (χ0n) is 17.8. The van der Waals surface area contributed by atoms with Gasteiger partial charge in [0.25, 0.3) is 0 Å². The van der Waals surface area contributed by atoms with Crippen molar-refractivity contribution >= 4 is 22.7 Å². The zero-order valence-corrected chi connectivity index (χ0v) is 18.6. The molecule has 0 heterocycles. The molecule has 0 radical (unpaired) electrons. The molecule has 0 aromatic rings. The highest BCUT2D eigenvalue weighted by atomic mass is 32.2. The van der Waals surface area contributed by atoms with Gasteiger partial charge < -0.3 is 19.3 Å². The molecule has 2 saturated carbocycles. The molecule has 164 valence electrons. The van der Waals surface area contributed by atoms with Gasteiger partial charge in [-0.15, -0.1) is 0 Å². The molecule has 0 aromatic carbocycles. The Balaban J connectivity index is 1.89. The molecule has 1 unspecified atom stereocenters. The van der Waals surface area contributed by atoms with Crippen molar-refractivity contribution in [1.82, 2.24) is 0 Å². The fourth-order valence-corrected chi connectivity index (χ4v) is 7.85. The maximum Gasteiger partial charge on any atom is 0.312 e. The van der Waals surface area contributed by atoms with Crippen LogP contribution in [0.3, 0.4) is 0 Å². The van der Waals surface area contributed by atoms with Gasteiger partial charge in [0.15, 0.2) is 0 Å². The Morgan fingerprint density at radius 2 is 1.86 bits per heavy atom. The molecule has 8 heteroatoms. The number of hydrogen-bond donors (Lipinski definition) is 1. The predicted molar refractivity (Wildman–Crippen MR) is 107 cm³/mol. The van der Waals surface area contributed by atoms with E-state index in [1.54, 1.807) is 6.08 Å². The fraction of sp³-hybridized carbons (Fsp3) is 0.810. The highest BCUT2D eigenvalue weighted by Crippen LogP contribution is 2.66. The second-order valence-electron chi connectivity index (χ2n) is 9.07. The van der Waals surface area contributed by atoms with E-state index in [0.717, 1.165) is 19.3 Å². The van der Waals surface area contributed by atoms with Gasteiger partial charge in [-0.3, -0.25) is 13.8 Å². The third-order valence-electron chi connectivity index (χ3n) is 7.88. The normalized spacial score (nSPS) is 39.0. The number of carbonyl (C=O) groups excluding carboxylic acids is 2. The number of aliphatic hydroxyl groups is 1. The largest absolute Gasteiger partial charge is 0.469 e. The van der Waals surface area contributed by atoms with Crippen LogP contribution in [-0.2, 0) is 34.6 Å². The molecule has 3 aliphatic carbocycles. The van der Waals surface area contributed by atoms with Crippen LogP contribution in [-0.4, -0.2) is 60.5 Å². The van der Waals surface area contributed by atoms with E-state index in [9.17, 15) is 18.9 Å². The first-order valence-electron chi connectivity index (χ1n) is 10.1. The number of allylic oxidation sites excluding steroid dienone is 1. The molecule has 1 N–H and O–H groups in total. The molecule has 3 rings (SSSR count). The average Bonchev–Trinajstić information content (AvgIpc) is 3.05. The fourth-order valence-electron chi connectivity index (χ4n) is 5.83. The number of esters is 2. The third-order valence-corrected chi connectivity index (χ3v) is 9.54. The number of methoxy groups -OCH3 is 3. The van der Waals surface area contributed by atoms with Crippen molar-refractivity contribution in [3.63, 3.8) is 0 Å². The van der Waals surface area contributed by atoms with Crippen LogP contribution in [0.1, 0.15) is 39.5 Å². The summed E-state index contributed by atoms with van der Waals surface area (Å²) in [4.78, 5) is 25.3. The van der Waals surface area contributed by atoms with Crippen molar-refractivity contribution in [2.75, 3.05) is 27.1 Å². The summed E-state index contributed by atoms with van der Waals surface area (Å²) in [5.41, 5.74) is -0.486. The molecular formula is C21H32O7S. The van der Waals surface area contributed by atoms with E-state index < -0.39 is 52.2 Å². The van der Waals surface area contributed by atoms with Gasteiger partial charge >= 0.3 is 11.9 Å². The maximum absolute atomic E-state index is 13.4. The Labute approximate surface area is 174 Å². The van der Waals surface area contributed by atoms with E-state index >= 15 is 0 Å². The monoisotopic (exact) mass is 428 g/mol. The summed E-state index contributed by atoms with van der Waals surface area (Å²) in [6.45, 7) is 4.33. The summed E-state index contributed by atoms with van der Waals surface area (Å²) in [5, 5.41) is 10.8. The van der Waals surface area contributed by atoms with E-state index in [1.807, 2.05) is 0 Å². The van der Waals surface area contributed by atoms with E-state index in [4.69, 9.17) is 14.2 Å². The van der Waals surface area contributed by atoms with Crippen LogP contribution < -0.4 is 0 Å². The summed E-state index contributed by atoms with van der Waals surface area (Å²) in [7, 11) is 2.57. The number of ether oxygens (including phenoxy) is 3. The van der Waals surface area contributed by atoms with Crippen molar-refractivity contribution in [1.29, 1.82) is 0 Å². The first kappa shape index (κ1) is 22.4. The highest BCUT2D eigenvalue weighted by Gasteiger charge is 2.64. The quantitative estimate of drug-likeness (QED) is 0.644. The molecule has 3 aliphatic rings. The van der Waals surface area contributed by atoms with Gasteiger partial charge in [-0.25, -0.2) is 0 Å².